The molecule has 0 bridgehead atoms. The second-order valence-corrected chi connectivity index (χ2v) is 9.21. The second-order valence-electron chi connectivity index (χ2n) is 9.21. The third-order valence-electron chi connectivity index (χ3n) is 7.42. The molecule has 222 valence electrons. The summed E-state index contributed by atoms with van der Waals surface area (Å²) in [5.41, 5.74) is 4.89. The van der Waals surface area contributed by atoms with E-state index in [0.29, 0.717) is 34.5 Å². The highest BCUT2D eigenvalue weighted by Gasteiger charge is 2.33. The first-order valence-corrected chi connectivity index (χ1v) is 14.0. The number of allylic oxidation sites excluding steroid dienone is 2. The molecule has 0 N–H and O–H groups in total. The summed E-state index contributed by atoms with van der Waals surface area (Å²) < 4.78 is 38.4. The third-order valence-corrected chi connectivity index (χ3v) is 7.42. The van der Waals surface area contributed by atoms with E-state index in [1.165, 1.54) is 0 Å². The molecule has 0 atom stereocenters. The minimum Gasteiger partial charge on any atom is -0.496 e. The van der Waals surface area contributed by atoms with Gasteiger partial charge in [0.25, 0.3) is 0 Å². The Morgan fingerprint density at radius 2 is 1.07 bits per heavy atom. The van der Waals surface area contributed by atoms with Crippen LogP contribution in [0.3, 0.4) is 0 Å². The smallest absolute Gasteiger partial charge is 0.207 e. The second kappa shape index (κ2) is 14.5. The molecule has 8 heteroatoms. The lowest BCUT2D eigenvalue weighted by Crippen LogP contribution is -2.23. The van der Waals surface area contributed by atoms with Crippen molar-refractivity contribution in [3.63, 3.8) is 0 Å². The number of hydrogen-bond donors (Lipinski definition) is 0. The summed E-state index contributed by atoms with van der Waals surface area (Å²) in [7, 11) is 9.95. The van der Waals surface area contributed by atoms with Gasteiger partial charge in [0.15, 0.2) is 0 Å². The zero-order valence-corrected chi connectivity index (χ0v) is 26.2. The van der Waals surface area contributed by atoms with E-state index in [2.05, 4.69) is 37.2 Å². The Bertz CT molecular complexity index is 1270. The van der Waals surface area contributed by atoms with Gasteiger partial charge in [-0.05, 0) is 39.8 Å². The van der Waals surface area contributed by atoms with Crippen LogP contribution in [0, 0.1) is 0 Å². The summed E-state index contributed by atoms with van der Waals surface area (Å²) in [5.74, 6) is 3.76. The zero-order valence-electron chi connectivity index (χ0n) is 26.2. The summed E-state index contributed by atoms with van der Waals surface area (Å²) in [6.45, 7) is 11.9. The van der Waals surface area contributed by atoms with Gasteiger partial charge in [-0.1, -0.05) is 6.07 Å². The van der Waals surface area contributed by atoms with E-state index in [1.807, 2.05) is 42.5 Å². The van der Waals surface area contributed by atoms with E-state index < -0.39 is 0 Å². The molecule has 3 rings (SSSR count). The lowest BCUT2D eigenvalue weighted by Gasteiger charge is -2.28. The minimum absolute atomic E-state index is 0.619. The largest absolute Gasteiger partial charge is 0.496 e. The molecular formula is C33H45N2O6+. The molecular weight excluding hydrogens is 520 g/mol. The van der Waals surface area contributed by atoms with Gasteiger partial charge >= 0.3 is 0 Å². The van der Waals surface area contributed by atoms with Crippen molar-refractivity contribution in [3.8, 4) is 23.0 Å². The molecule has 1 aliphatic carbocycles. The number of benzene rings is 2. The Morgan fingerprint density at radius 3 is 1.44 bits per heavy atom. The van der Waals surface area contributed by atoms with Crippen LogP contribution in [0.2, 0.25) is 0 Å². The van der Waals surface area contributed by atoms with E-state index in [9.17, 15) is 0 Å². The molecule has 1 aliphatic rings. The maximum Gasteiger partial charge on any atom is 0.207 e. The molecule has 0 aromatic heterocycles. The van der Waals surface area contributed by atoms with E-state index in [-0.39, 0.29) is 0 Å². The predicted octanol–water partition coefficient (Wildman–Crippen LogP) is 5.94. The Hall–Kier alpha value is -4.07. The summed E-state index contributed by atoms with van der Waals surface area (Å²) in [4.78, 5) is 2.25. The highest BCUT2D eigenvalue weighted by molar-refractivity contribution is 6.06. The fraction of sp³-hybridized carbons (Fsp3) is 0.424. The van der Waals surface area contributed by atoms with Gasteiger partial charge in [-0.3, -0.25) is 0 Å². The zero-order chi connectivity index (χ0) is 30.1. The van der Waals surface area contributed by atoms with Crippen molar-refractivity contribution in [2.75, 3.05) is 73.7 Å². The molecule has 0 heterocycles. The minimum atomic E-state index is 0.619. The number of anilines is 1. The van der Waals surface area contributed by atoms with E-state index in [1.54, 1.807) is 42.7 Å². The monoisotopic (exact) mass is 565 g/mol. The van der Waals surface area contributed by atoms with Crippen LogP contribution in [0.5, 0.6) is 23.0 Å². The van der Waals surface area contributed by atoms with Crippen LogP contribution in [-0.2, 0) is 9.47 Å². The molecule has 0 fully saturated rings. The SMILES string of the molecule is CCN(CC)c1cc(OC)c(C(=C2C(OC)=CC(=[N+](CC)CC)C=C2OC)c2c(OC)cccc2OC)c(OC)c1. The van der Waals surface area contributed by atoms with Gasteiger partial charge < -0.3 is 33.3 Å². The number of rotatable bonds is 13. The summed E-state index contributed by atoms with van der Waals surface area (Å²) in [6.07, 6.45) is 4.08. The molecule has 0 radical (unpaired) electrons. The van der Waals surface area contributed by atoms with Crippen LogP contribution >= 0.6 is 0 Å². The Labute approximate surface area is 245 Å². The fourth-order valence-electron chi connectivity index (χ4n) is 5.30. The van der Waals surface area contributed by atoms with Gasteiger partial charge in [0.1, 0.15) is 47.6 Å². The predicted molar refractivity (Wildman–Crippen MR) is 165 cm³/mol. The van der Waals surface area contributed by atoms with Crippen LogP contribution in [0.1, 0.15) is 38.8 Å². The van der Waals surface area contributed by atoms with Crippen molar-refractivity contribution in [1.82, 2.24) is 0 Å². The molecule has 0 saturated carbocycles. The number of hydrogen-bond acceptors (Lipinski definition) is 7. The van der Waals surface area contributed by atoms with Crippen molar-refractivity contribution >= 4 is 17.0 Å². The van der Waals surface area contributed by atoms with Crippen molar-refractivity contribution in [1.29, 1.82) is 0 Å². The molecule has 0 spiro atoms. The highest BCUT2D eigenvalue weighted by atomic mass is 16.5. The van der Waals surface area contributed by atoms with E-state index in [4.69, 9.17) is 28.4 Å². The molecule has 0 aliphatic heterocycles. The van der Waals surface area contributed by atoms with Gasteiger partial charge in [-0.2, -0.15) is 0 Å². The molecule has 2 aromatic carbocycles. The highest BCUT2D eigenvalue weighted by Crippen LogP contribution is 2.50. The topological polar surface area (TPSA) is 61.6 Å². The number of nitrogens with zero attached hydrogens (tertiary/aromatic N) is 2. The summed E-state index contributed by atoms with van der Waals surface area (Å²) in [5, 5.41) is 0. The first-order chi connectivity index (χ1) is 19.9. The van der Waals surface area contributed by atoms with Gasteiger partial charge in [0, 0.05) is 36.5 Å². The standard InChI is InChI=1S/C33H45N2O6/c1-11-34(12-2)22-18-26(38-7)31(27(19-22)39-8)33(30-24(36-5)16-15-17-25(30)37-6)32-28(40-9)20-23(21-29(32)41-10)35(13-3)14-4/h15-21H,11-14H2,1-10H3/q+1. The molecule has 0 amide bonds. The van der Waals surface area contributed by atoms with Crippen molar-refractivity contribution in [2.45, 2.75) is 27.7 Å². The maximum absolute atomic E-state index is 6.08. The van der Waals surface area contributed by atoms with E-state index >= 15 is 0 Å². The fourth-order valence-corrected chi connectivity index (χ4v) is 5.30. The summed E-state index contributed by atoms with van der Waals surface area (Å²) >= 11 is 0. The first kappa shape index (κ1) is 31.5. The van der Waals surface area contributed by atoms with Crippen molar-refractivity contribution < 1.29 is 33.0 Å². The lowest BCUT2D eigenvalue weighted by molar-refractivity contribution is -0.519. The summed E-state index contributed by atoms with van der Waals surface area (Å²) in [6, 6.07) is 9.79. The molecule has 0 saturated heterocycles. The number of methoxy groups -OCH3 is 6. The lowest BCUT2D eigenvalue weighted by atomic mass is 9.86. The Balaban J connectivity index is 2.64. The average Bonchev–Trinajstić information content (AvgIpc) is 3.02. The maximum atomic E-state index is 6.08. The van der Waals surface area contributed by atoms with Crippen LogP contribution in [-0.4, -0.2) is 79.1 Å². The molecule has 41 heavy (non-hydrogen) atoms. The molecule has 0 unspecified atom stereocenters. The van der Waals surface area contributed by atoms with Crippen LogP contribution in [0.4, 0.5) is 5.69 Å². The Kier molecular flexibility index (Phi) is 11.1. The van der Waals surface area contributed by atoms with Crippen LogP contribution in [0.25, 0.3) is 5.57 Å². The van der Waals surface area contributed by atoms with Gasteiger partial charge in [0.05, 0.1) is 71.5 Å². The quantitative estimate of drug-likeness (QED) is 0.279. The van der Waals surface area contributed by atoms with E-state index in [0.717, 1.165) is 59.9 Å². The van der Waals surface area contributed by atoms with Gasteiger partial charge in [-0.25, -0.2) is 4.58 Å². The molecule has 2 aromatic rings. The van der Waals surface area contributed by atoms with Crippen LogP contribution in [0.15, 0.2) is 59.6 Å². The normalized spacial score (nSPS) is 12.7. The van der Waals surface area contributed by atoms with Crippen molar-refractivity contribution in [2.24, 2.45) is 0 Å². The van der Waals surface area contributed by atoms with Crippen molar-refractivity contribution in [3.05, 3.63) is 70.7 Å². The average molecular weight is 566 g/mol. The van der Waals surface area contributed by atoms with Gasteiger partial charge in [-0.15, -0.1) is 0 Å². The van der Waals surface area contributed by atoms with Gasteiger partial charge in [0.2, 0.25) is 5.71 Å². The number of ether oxygens (including phenoxy) is 6. The Morgan fingerprint density at radius 1 is 0.634 bits per heavy atom. The molecule has 8 nitrogen and oxygen atoms in total. The third kappa shape index (κ3) is 6.16. The first-order valence-electron chi connectivity index (χ1n) is 14.0. The van der Waals surface area contributed by atoms with Crippen LogP contribution < -0.4 is 23.8 Å².